The van der Waals surface area contributed by atoms with Crippen molar-refractivity contribution in [3.05, 3.63) is 73.4 Å². The van der Waals surface area contributed by atoms with Gasteiger partial charge in [0.15, 0.2) is 5.82 Å². The van der Waals surface area contributed by atoms with Crippen molar-refractivity contribution >= 4 is 33.5 Å². The van der Waals surface area contributed by atoms with Crippen molar-refractivity contribution in [2.24, 2.45) is 5.92 Å². The fraction of sp³-hybridized carbons (Fsp3) is 0.111. The molecule has 6 rings (SSSR count). The molecule has 5 heterocycles. The van der Waals surface area contributed by atoms with Crippen LogP contribution in [0.15, 0.2) is 73.4 Å². The van der Waals surface area contributed by atoms with E-state index in [-0.39, 0.29) is 11.8 Å². The minimum absolute atomic E-state index is 0.0490. The molecule has 5 aromatic heterocycles. The van der Waals surface area contributed by atoms with Crippen LogP contribution in [0.4, 0.5) is 5.69 Å². The molecule has 9 heteroatoms. The molecule has 3 N–H and O–H groups in total. The van der Waals surface area contributed by atoms with E-state index in [1.54, 1.807) is 31.0 Å². The molecule has 0 atom stereocenters. The number of hydrogen-bond acceptors (Lipinski definition) is 6. The Bertz CT molecular complexity index is 1720. The molecule has 0 saturated carbocycles. The van der Waals surface area contributed by atoms with Gasteiger partial charge in [0.2, 0.25) is 5.91 Å². The van der Waals surface area contributed by atoms with Crippen LogP contribution in [0.25, 0.3) is 55.8 Å². The maximum atomic E-state index is 12.1. The van der Waals surface area contributed by atoms with Crippen LogP contribution in [0.3, 0.4) is 0 Å². The Morgan fingerprint density at radius 3 is 2.56 bits per heavy atom. The van der Waals surface area contributed by atoms with Gasteiger partial charge in [0.05, 0.1) is 28.6 Å². The summed E-state index contributed by atoms with van der Waals surface area (Å²) in [7, 11) is 0. The average Bonchev–Trinajstić information content (AvgIpc) is 3.53. The molecule has 0 radical (unpaired) electrons. The third-order valence-corrected chi connectivity index (χ3v) is 6.01. The van der Waals surface area contributed by atoms with Gasteiger partial charge in [-0.2, -0.15) is 5.10 Å². The summed E-state index contributed by atoms with van der Waals surface area (Å²) in [6.07, 6.45) is 8.67. The maximum absolute atomic E-state index is 12.1. The van der Waals surface area contributed by atoms with Crippen molar-refractivity contribution in [2.75, 3.05) is 5.32 Å². The van der Waals surface area contributed by atoms with Gasteiger partial charge in [0.25, 0.3) is 0 Å². The van der Waals surface area contributed by atoms with E-state index in [1.807, 2.05) is 50.2 Å². The number of hydrogen-bond donors (Lipinski definition) is 3. The average molecular weight is 475 g/mol. The van der Waals surface area contributed by atoms with Crippen molar-refractivity contribution in [1.29, 1.82) is 0 Å². The summed E-state index contributed by atoms with van der Waals surface area (Å²) < 4.78 is 0. The lowest BCUT2D eigenvalue weighted by Crippen LogP contribution is -2.17. The standard InChI is InChI=1S/C27H22N8O/c1-15(2)27(36)31-19-11-18(13-29-14-19)17-3-4-21-20(12-17)24(35-34-21)26-32-22-7-10-30-23(25(22)33-26)16-5-8-28-9-6-16/h3-15H,1-2H3,(H,31,36)(H,32,33)(H,34,35). The van der Waals surface area contributed by atoms with Gasteiger partial charge in [-0.1, -0.05) is 19.9 Å². The third-order valence-electron chi connectivity index (χ3n) is 6.01. The highest BCUT2D eigenvalue weighted by Crippen LogP contribution is 2.32. The second-order valence-electron chi connectivity index (χ2n) is 8.82. The van der Waals surface area contributed by atoms with E-state index < -0.39 is 0 Å². The van der Waals surface area contributed by atoms with Crippen molar-refractivity contribution in [3.63, 3.8) is 0 Å². The number of fused-ring (bicyclic) bond motifs is 2. The number of nitrogens with one attached hydrogen (secondary N) is 3. The van der Waals surface area contributed by atoms with Crippen LogP contribution in [-0.4, -0.2) is 41.0 Å². The number of pyridine rings is 3. The molecule has 0 aliphatic heterocycles. The number of aromatic amines is 2. The molecule has 0 saturated heterocycles. The number of rotatable bonds is 5. The molecule has 0 unspecified atom stereocenters. The van der Waals surface area contributed by atoms with Crippen molar-refractivity contribution in [1.82, 2.24) is 35.1 Å². The molecule has 1 amide bonds. The first-order valence-electron chi connectivity index (χ1n) is 11.6. The zero-order chi connectivity index (χ0) is 24.6. The largest absolute Gasteiger partial charge is 0.336 e. The van der Waals surface area contributed by atoms with E-state index in [0.29, 0.717) is 17.2 Å². The minimum atomic E-state index is -0.114. The Balaban J connectivity index is 1.41. The van der Waals surface area contributed by atoms with E-state index >= 15 is 0 Å². The van der Waals surface area contributed by atoms with Crippen LogP contribution in [0.5, 0.6) is 0 Å². The van der Waals surface area contributed by atoms with Gasteiger partial charge < -0.3 is 10.3 Å². The lowest BCUT2D eigenvalue weighted by atomic mass is 10.0. The number of carbonyl (C=O) groups excluding carboxylic acids is 1. The van der Waals surface area contributed by atoms with Crippen LogP contribution in [0.1, 0.15) is 13.8 Å². The van der Waals surface area contributed by atoms with Gasteiger partial charge in [-0.15, -0.1) is 0 Å². The zero-order valence-electron chi connectivity index (χ0n) is 19.6. The van der Waals surface area contributed by atoms with Crippen molar-refractivity contribution < 1.29 is 4.79 Å². The Labute approximate surface area is 206 Å². The van der Waals surface area contributed by atoms with E-state index in [4.69, 9.17) is 4.98 Å². The number of H-pyrrole nitrogens is 2. The molecule has 0 fully saturated rings. The Hall–Kier alpha value is -4.92. The smallest absolute Gasteiger partial charge is 0.226 e. The first-order chi connectivity index (χ1) is 17.6. The monoisotopic (exact) mass is 474 g/mol. The van der Waals surface area contributed by atoms with Crippen LogP contribution >= 0.6 is 0 Å². The number of carbonyl (C=O) groups is 1. The van der Waals surface area contributed by atoms with Crippen molar-refractivity contribution in [2.45, 2.75) is 13.8 Å². The summed E-state index contributed by atoms with van der Waals surface area (Å²) in [5.74, 6) is 0.483. The van der Waals surface area contributed by atoms with E-state index in [1.165, 1.54) is 0 Å². The van der Waals surface area contributed by atoms with Gasteiger partial charge >= 0.3 is 0 Å². The van der Waals surface area contributed by atoms with E-state index in [2.05, 4.69) is 41.5 Å². The molecule has 36 heavy (non-hydrogen) atoms. The summed E-state index contributed by atoms with van der Waals surface area (Å²) >= 11 is 0. The van der Waals surface area contributed by atoms with Gasteiger partial charge in [-0.3, -0.25) is 24.8 Å². The predicted octanol–water partition coefficient (Wildman–Crippen LogP) is 5.22. The van der Waals surface area contributed by atoms with Crippen LogP contribution in [0, 0.1) is 5.92 Å². The lowest BCUT2D eigenvalue weighted by Gasteiger charge is -2.09. The van der Waals surface area contributed by atoms with Gasteiger partial charge in [-0.05, 0) is 42.0 Å². The fourth-order valence-corrected chi connectivity index (χ4v) is 4.10. The van der Waals surface area contributed by atoms with Gasteiger partial charge in [0, 0.05) is 47.2 Å². The SMILES string of the molecule is CC(C)C(=O)Nc1cncc(-c2ccc3[nH]nc(-c4nc5c(-c6ccncc6)nccc5[nH]4)c3c2)c1. The number of amides is 1. The number of benzene rings is 1. The van der Waals surface area contributed by atoms with Crippen LogP contribution in [-0.2, 0) is 4.79 Å². The minimum Gasteiger partial charge on any atom is -0.336 e. The first kappa shape index (κ1) is 21.6. The maximum Gasteiger partial charge on any atom is 0.226 e. The normalized spacial score (nSPS) is 11.4. The molecule has 0 spiro atoms. The predicted molar refractivity (Wildman–Crippen MR) is 139 cm³/mol. The zero-order valence-corrected chi connectivity index (χ0v) is 19.6. The van der Waals surface area contributed by atoms with E-state index in [9.17, 15) is 4.79 Å². The molecular weight excluding hydrogens is 452 g/mol. The molecule has 9 nitrogen and oxygen atoms in total. The quantitative estimate of drug-likeness (QED) is 0.315. The summed E-state index contributed by atoms with van der Waals surface area (Å²) in [6, 6.07) is 13.7. The third kappa shape index (κ3) is 3.86. The molecular formula is C27H22N8O. The summed E-state index contributed by atoms with van der Waals surface area (Å²) in [5.41, 5.74) is 7.46. The Morgan fingerprint density at radius 1 is 0.861 bits per heavy atom. The first-order valence-corrected chi connectivity index (χ1v) is 11.6. The molecule has 0 aliphatic carbocycles. The lowest BCUT2D eigenvalue weighted by molar-refractivity contribution is -0.118. The fourth-order valence-electron chi connectivity index (χ4n) is 4.10. The van der Waals surface area contributed by atoms with Crippen LogP contribution < -0.4 is 5.32 Å². The summed E-state index contributed by atoms with van der Waals surface area (Å²) in [6.45, 7) is 3.71. The molecule has 1 aromatic carbocycles. The van der Waals surface area contributed by atoms with E-state index in [0.717, 1.165) is 44.3 Å². The highest BCUT2D eigenvalue weighted by molar-refractivity contribution is 5.98. The van der Waals surface area contributed by atoms with Crippen LogP contribution in [0.2, 0.25) is 0 Å². The summed E-state index contributed by atoms with van der Waals surface area (Å²) in [4.78, 5) is 33.3. The molecule has 176 valence electrons. The van der Waals surface area contributed by atoms with Gasteiger partial charge in [-0.25, -0.2) is 4.98 Å². The Morgan fingerprint density at radius 2 is 1.72 bits per heavy atom. The number of imidazole rings is 1. The number of anilines is 1. The molecule has 0 bridgehead atoms. The Kier molecular flexibility index (Phi) is 5.22. The number of nitrogens with zero attached hydrogens (tertiary/aromatic N) is 5. The second-order valence-corrected chi connectivity index (χ2v) is 8.82. The highest BCUT2D eigenvalue weighted by Gasteiger charge is 2.17. The molecule has 0 aliphatic rings. The van der Waals surface area contributed by atoms with Gasteiger partial charge in [0.1, 0.15) is 11.2 Å². The topological polar surface area (TPSA) is 125 Å². The highest BCUT2D eigenvalue weighted by atomic mass is 16.1. The number of aromatic nitrogens is 7. The summed E-state index contributed by atoms with van der Waals surface area (Å²) in [5, 5.41) is 11.5. The van der Waals surface area contributed by atoms with Crippen molar-refractivity contribution in [3.8, 4) is 33.9 Å². The second kappa shape index (κ2) is 8.70. The molecule has 6 aromatic rings.